The highest BCUT2D eigenvalue weighted by atomic mass is 16.5. The molecular formula is C16H20N4O2. The van der Waals surface area contributed by atoms with Gasteiger partial charge in [-0.05, 0) is 25.0 Å². The monoisotopic (exact) mass is 300 g/mol. The summed E-state index contributed by atoms with van der Waals surface area (Å²) < 4.78 is 4.96. The molecular weight excluding hydrogens is 280 g/mol. The molecule has 0 saturated heterocycles. The minimum Gasteiger partial charge on any atom is -0.383 e. The number of nitrogens with one attached hydrogen (secondary N) is 2. The van der Waals surface area contributed by atoms with Crippen LogP contribution in [0.5, 0.6) is 0 Å². The average Bonchev–Trinajstić information content (AvgIpc) is 2.51. The van der Waals surface area contributed by atoms with Crippen LogP contribution in [0.3, 0.4) is 0 Å². The van der Waals surface area contributed by atoms with Crippen molar-refractivity contribution in [2.45, 2.75) is 13.8 Å². The molecule has 116 valence electrons. The van der Waals surface area contributed by atoms with Crippen LogP contribution in [0.15, 0.2) is 30.6 Å². The number of aryl methyl sites for hydroxylation is 2. The Morgan fingerprint density at radius 2 is 1.95 bits per heavy atom. The van der Waals surface area contributed by atoms with Crippen LogP contribution in [0, 0.1) is 13.8 Å². The number of amides is 1. The fourth-order valence-electron chi connectivity index (χ4n) is 2.05. The highest BCUT2D eigenvalue weighted by molar-refractivity contribution is 6.04. The molecule has 1 amide bonds. The van der Waals surface area contributed by atoms with E-state index in [2.05, 4.69) is 20.6 Å². The standard InChI is InChI=1S/C16H20N4O2/c1-11-5-4-6-12(2)15(11)20-16(21)13-9-14(19-10-18-13)17-7-8-22-3/h4-6,9-10H,7-8H2,1-3H3,(H,20,21)(H,17,18,19). The van der Waals surface area contributed by atoms with Crippen LogP contribution in [0.25, 0.3) is 0 Å². The first-order valence-electron chi connectivity index (χ1n) is 7.04. The number of ether oxygens (including phenoxy) is 1. The molecule has 0 fully saturated rings. The Morgan fingerprint density at radius 3 is 2.64 bits per heavy atom. The van der Waals surface area contributed by atoms with Gasteiger partial charge in [-0.2, -0.15) is 0 Å². The molecule has 2 aromatic rings. The van der Waals surface area contributed by atoms with Crippen LogP contribution in [0.4, 0.5) is 11.5 Å². The molecule has 0 bridgehead atoms. The van der Waals surface area contributed by atoms with Gasteiger partial charge in [-0.3, -0.25) is 4.79 Å². The van der Waals surface area contributed by atoms with Crippen molar-refractivity contribution in [2.24, 2.45) is 0 Å². The topological polar surface area (TPSA) is 76.1 Å². The van der Waals surface area contributed by atoms with E-state index in [0.717, 1.165) is 16.8 Å². The van der Waals surface area contributed by atoms with Crippen molar-refractivity contribution < 1.29 is 9.53 Å². The molecule has 2 N–H and O–H groups in total. The van der Waals surface area contributed by atoms with Gasteiger partial charge in [0.15, 0.2) is 0 Å². The van der Waals surface area contributed by atoms with E-state index in [4.69, 9.17) is 4.74 Å². The number of aromatic nitrogens is 2. The first-order valence-corrected chi connectivity index (χ1v) is 7.04. The quantitative estimate of drug-likeness (QED) is 0.801. The molecule has 0 saturated carbocycles. The molecule has 0 unspecified atom stereocenters. The molecule has 1 aromatic heterocycles. The molecule has 0 atom stereocenters. The molecule has 6 heteroatoms. The van der Waals surface area contributed by atoms with E-state index in [9.17, 15) is 4.79 Å². The fraction of sp³-hybridized carbons (Fsp3) is 0.312. The molecule has 0 aliphatic carbocycles. The van der Waals surface area contributed by atoms with Crippen LogP contribution in [0.1, 0.15) is 21.6 Å². The van der Waals surface area contributed by atoms with E-state index < -0.39 is 0 Å². The van der Waals surface area contributed by atoms with Crippen molar-refractivity contribution >= 4 is 17.4 Å². The van der Waals surface area contributed by atoms with Crippen LogP contribution in [-0.4, -0.2) is 36.1 Å². The van der Waals surface area contributed by atoms with Gasteiger partial charge in [-0.15, -0.1) is 0 Å². The number of hydrogen-bond acceptors (Lipinski definition) is 5. The van der Waals surface area contributed by atoms with Gasteiger partial charge in [0.05, 0.1) is 6.61 Å². The molecule has 22 heavy (non-hydrogen) atoms. The molecule has 1 aromatic carbocycles. The second-order valence-electron chi connectivity index (χ2n) is 4.93. The van der Waals surface area contributed by atoms with E-state index in [1.165, 1.54) is 6.33 Å². The van der Waals surface area contributed by atoms with Gasteiger partial charge in [0.25, 0.3) is 5.91 Å². The summed E-state index contributed by atoms with van der Waals surface area (Å²) in [6.07, 6.45) is 1.37. The van der Waals surface area contributed by atoms with E-state index in [0.29, 0.717) is 24.7 Å². The number of hydrogen-bond donors (Lipinski definition) is 2. The van der Waals surface area contributed by atoms with Crippen molar-refractivity contribution in [1.29, 1.82) is 0 Å². The Balaban J connectivity index is 2.11. The summed E-state index contributed by atoms with van der Waals surface area (Å²) in [6, 6.07) is 7.50. The highest BCUT2D eigenvalue weighted by Gasteiger charge is 2.11. The lowest BCUT2D eigenvalue weighted by molar-refractivity contribution is 0.102. The van der Waals surface area contributed by atoms with Gasteiger partial charge in [0.1, 0.15) is 17.8 Å². The number of rotatable bonds is 6. The van der Waals surface area contributed by atoms with E-state index >= 15 is 0 Å². The SMILES string of the molecule is COCCNc1cc(C(=O)Nc2c(C)cccc2C)ncn1. The van der Waals surface area contributed by atoms with Crippen molar-refractivity contribution in [3.63, 3.8) is 0 Å². The van der Waals surface area contributed by atoms with Crippen molar-refractivity contribution in [1.82, 2.24) is 9.97 Å². The zero-order valence-electron chi connectivity index (χ0n) is 13.0. The van der Waals surface area contributed by atoms with E-state index in [-0.39, 0.29) is 5.91 Å². The molecule has 1 heterocycles. The first kappa shape index (κ1) is 15.9. The van der Waals surface area contributed by atoms with Gasteiger partial charge in [-0.25, -0.2) is 9.97 Å². The number of anilines is 2. The lowest BCUT2D eigenvalue weighted by Crippen LogP contribution is -2.16. The van der Waals surface area contributed by atoms with Gasteiger partial charge >= 0.3 is 0 Å². The fourth-order valence-corrected chi connectivity index (χ4v) is 2.05. The van der Waals surface area contributed by atoms with Gasteiger partial charge in [-0.1, -0.05) is 18.2 Å². The van der Waals surface area contributed by atoms with Gasteiger partial charge in [0, 0.05) is 25.4 Å². The average molecular weight is 300 g/mol. The zero-order chi connectivity index (χ0) is 15.9. The smallest absolute Gasteiger partial charge is 0.274 e. The predicted octanol–water partition coefficient (Wildman–Crippen LogP) is 2.40. The van der Waals surface area contributed by atoms with E-state index in [1.807, 2.05) is 32.0 Å². The number of para-hydroxylation sites is 1. The molecule has 0 spiro atoms. The summed E-state index contributed by atoms with van der Waals surface area (Å²) in [6.45, 7) is 5.10. The maximum Gasteiger partial charge on any atom is 0.274 e. The number of benzene rings is 1. The third-order valence-corrected chi connectivity index (χ3v) is 3.23. The third kappa shape index (κ3) is 4.02. The number of carbonyl (C=O) groups is 1. The third-order valence-electron chi connectivity index (χ3n) is 3.23. The summed E-state index contributed by atoms with van der Waals surface area (Å²) in [5.74, 6) is 0.341. The Bertz CT molecular complexity index is 638. The number of carbonyl (C=O) groups excluding carboxylic acids is 1. The second-order valence-corrected chi connectivity index (χ2v) is 4.93. The Kier molecular flexibility index (Phi) is 5.43. The van der Waals surface area contributed by atoms with Gasteiger partial charge in [0.2, 0.25) is 0 Å². The lowest BCUT2D eigenvalue weighted by atomic mass is 10.1. The van der Waals surface area contributed by atoms with Crippen molar-refractivity contribution in [2.75, 3.05) is 30.9 Å². The Morgan fingerprint density at radius 1 is 1.23 bits per heavy atom. The summed E-state index contributed by atoms with van der Waals surface area (Å²) in [7, 11) is 1.63. The maximum atomic E-state index is 12.3. The summed E-state index contributed by atoms with van der Waals surface area (Å²) in [4.78, 5) is 20.5. The summed E-state index contributed by atoms with van der Waals surface area (Å²) >= 11 is 0. The van der Waals surface area contributed by atoms with Crippen LogP contribution in [-0.2, 0) is 4.74 Å². The highest BCUT2D eigenvalue weighted by Crippen LogP contribution is 2.20. The molecule has 0 radical (unpaired) electrons. The normalized spacial score (nSPS) is 10.3. The van der Waals surface area contributed by atoms with Crippen molar-refractivity contribution in [3.05, 3.63) is 47.4 Å². The van der Waals surface area contributed by atoms with Gasteiger partial charge < -0.3 is 15.4 Å². The molecule has 0 aliphatic heterocycles. The molecule has 6 nitrogen and oxygen atoms in total. The largest absolute Gasteiger partial charge is 0.383 e. The second kappa shape index (κ2) is 7.51. The lowest BCUT2D eigenvalue weighted by Gasteiger charge is -2.11. The van der Waals surface area contributed by atoms with Crippen LogP contribution >= 0.6 is 0 Å². The minimum absolute atomic E-state index is 0.255. The van der Waals surface area contributed by atoms with Crippen molar-refractivity contribution in [3.8, 4) is 0 Å². The molecule has 0 aliphatic rings. The summed E-state index contributed by atoms with van der Waals surface area (Å²) in [5.41, 5.74) is 3.17. The number of methoxy groups -OCH3 is 1. The van der Waals surface area contributed by atoms with E-state index in [1.54, 1.807) is 13.2 Å². The first-order chi connectivity index (χ1) is 10.6. The molecule has 2 rings (SSSR count). The van der Waals surface area contributed by atoms with Crippen LogP contribution in [0.2, 0.25) is 0 Å². The maximum absolute atomic E-state index is 12.3. The number of nitrogens with zero attached hydrogens (tertiary/aromatic N) is 2. The Hall–Kier alpha value is -2.47. The predicted molar refractivity (Wildman–Crippen MR) is 86.3 cm³/mol. The zero-order valence-corrected chi connectivity index (χ0v) is 13.0. The van der Waals surface area contributed by atoms with Crippen LogP contribution < -0.4 is 10.6 Å². The Labute approximate surface area is 129 Å². The summed E-state index contributed by atoms with van der Waals surface area (Å²) in [5, 5.41) is 5.98. The minimum atomic E-state index is -0.255.